The summed E-state index contributed by atoms with van der Waals surface area (Å²) in [5.74, 6) is -0.142. The van der Waals surface area contributed by atoms with Gasteiger partial charge in [-0.05, 0) is 36.6 Å². The van der Waals surface area contributed by atoms with Crippen molar-refractivity contribution in [3.8, 4) is 0 Å². The third kappa shape index (κ3) is 4.25. The van der Waals surface area contributed by atoms with Gasteiger partial charge in [-0.3, -0.25) is 0 Å². The maximum absolute atomic E-state index is 13.9. The summed E-state index contributed by atoms with van der Waals surface area (Å²) in [7, 11) is 1.69. The standard InChI is InChI=1S/C15H21BrFNO2/c1-19-7-5-18-10-15(4-6-20-11-15)9-12-8-13(16)2-3-14(12)17/h2-3,8,18H,4-7,9-11H2,1H3. The minimum absolute atomic E-state index is 0.0185. The van der Waals surface area contributed by atoms with Crippen molar-refractivity contribution < 1.29 is 13.9 Å². The fraction of sp³-hybridized carbons (Fsp3) is 0.600. The van der Waals surface area contributed by atoms with E-state index in [0.717, 1.165) is 36.2 Å². The smallest absolute Gasteiger partial charge is 0.126 e. The van der Waals surface area contributed by atoms with Crippen LogP contribution in [0.3, 0.4) is 0 Å². The van der Waals surface area contributed by atoms with Crippen LogP contribution in [-0.4, -0.2) is 40.0 Å². The van der Waals surface area contributed by atoms with Crippen LogP contribution >= 0.6 is 15.9 Å². The molecule has 2 rings (SSSR count). The van der Waals surface area contributed by atoms with Gasteiger partial charge in [0.2, 0.25) is 0 Å². The molecule has 0 aliphatic carbocycles. The Kier molecular flexibility index (Phi) is 5.96. The Bertz CT molecular complexity index is 436. The molecule has 1 atom stereocenters. The van der Waals surface area contributed by atoms with E-state index in [9.17, 15) is 4.39 Å². The Labute approximate surface area is 128 Å². The quantitative estimate of drug-likeness (QED) is 0.771. The highest BCUT2D eigenvalue weighted by Gasteiger charge is 2.35. The van der Waals surface area contributed by atoms with Crippen LogP contribution in [0, 0.1) is 11.2 Å². The highest BCUT2D eigenvalue weighted by atomic mass is 79.9. The molecular weight excluding hydrogens is 325 g/mol. The molecule has 1 heterocycles. The number of hydrogen-bond donors (Lipinski definition) is 1. The van der Waals surface area contributed by atoms with E-state index in [1.807, 2.05) is 6.07 Å². The van der Waals surface area contributed by atoms with Gasteiger partial charge in [0.1, 0.15) is 5.82 Å². The summed E-state index contributed by atoms with van der Waals surface area (Å²) >= 11 is 3.41. The molecule has 1 saturated heterocycles. The Morgan fingerprint density at radius 3 is 3.05 bits per heavy atom. The number of rotatable bonds is 7. The first kappa shape index (κ1) is 15.9. The summed E-state index contributed by atoms with van der Waals surface area (Å²) in [4.78, 5) is 0. The van der Waals surface area contributed by atoms with Crippen LogP contribution in [0.5, 0.6) is 0 Å². The van der Waals surface area contributed by atoms with Crippen molar-refractivity contribution in [3.05, 3.63) is 34.1 Å². The molecule has 0 saturated carbocycles. The maximum atomic E-state index is 13.9. The van der Waals surface area contributed by atoms with E-state index >= 15 is 0 Å². The Balaban J connectivity index is 2.02. The van der Waals surface area contributed by atoms with E-state index in [-0.39, 0.29) is 11.2 Å². The minimum Gasteiger partial charge on any atom is -0.383 e. The molecule has 0 radical (unpaired) electrons. The SMILES string of the molecule is COCCNCC1(Cc2cc(Br)ccc2F)CCOC1. The van der Waals surface area contributed by atoms with E-state index in [0.29, 0.717) is 19.6 Å². The van der Waals surface area contributed by atoms with E-state index in [4.69, 9.17) is 9.47 Å². The number of halogens is 2. The molecule has 3 nitrogen and oxygen atoms in total. The molecule has 112 valence electrons. The lowest BCUT2D eigenvalue weighted by molar-refractivity contribution is 0.144. The summed E-state index contributed by atoms with van der Waals surface area (Å²) in [6.45, 7) is 3.74. The second kappa shape index (κ2) is 7.50. The number of methoxy groups -OCH3 is 1. The van der Waals surface area contributed by atoms with E-state index in [1.165, 1.54) is 6.07 Å². The molecule has 1 aromatic rings. The molecule has 1 aromatic carbocycles. The molecule has 1 N–H and O–H groups in total. The molecule has 0 aromatic heterocycles. The van der Waals surface area contributed by atoms with Gasteiger partial charge in [0.15, 0.2) is 0 Å². The molecular formula is C15H21BrFNO2. The third-order valence-electron chi connectivity index (χ3n) is 3.74. The second-order valence-electron chi connectivity index (χ2n) is 5.38. The van der Waals surface area contributed by atoms with Crippen LogP contribution in [0.1, 0.15) is 12.0 Å². The Morgan fingerprint density at radius 2 is 2.35 bits per heavy atom. The van der Waals surface area contributed by atoms with Crippen LogP contribution in [-0.2, 0) is 15.9 Å². The molecule has 1 fully saturated rings. The number of ether oxygens (including phenoxy) is 2. The fourth-order valence-electron chi connectivity index (χ4n) is 2.60. The van der Waals surface area contributed by atoms with Crippen LogP contribution < -0.4 is 5.32 Å². The molecule has 1 aliphatic heterocycles. The summed E-state index contributed by atoms with van der Waals surface area (Å²) in [6.07, 6.45) is 1.65. The van der Waals surface area contributed by atoms with Crippen LogP contribution in [0.2, 0.25) is 0 Å². The summed E-state index contributed by atoms with van der Waals surface area (Å²) in [5.41, 5.74) is 0.730. The van der Waals surface area contributed by atoms with Crippen molar-refractivity contribution in [1.82, 2.24) is 5.32 Å². The van der Waals surface area contributed by atoms with Gasteiger partial charge in [0, 0.05) is 36.7 Å². The molecule has 1 unspecified atom stereocenters. The van der Waals surface area contributed by atoms with Gasteiger partial charge in [0.05, 0.1) is 13.2 Å². The summed E-state index contributed by atoms with van der Waals surface area (Å²) in [5, 5.41) is 3.38. The van der Waals surface area contributed by atoms with Gasteiger partial charge >= 0.3 is 0 Å². The van der Waals surface area contributed by atoms with Crippen molar-refractivity contribution >= 4 is 15.9 Å². The molecule has 20 heavy (non-hydrogen) atoms. The van der Waals surface area contributed by atoms with Crippen LogP contribution in [0.4, 0.5) is 4.39 Å². The number of nitrogens with one attached hydrogen (secondary N) is 1. The van der Waals surface area contributed by atoms with E-state index in [1.54, 1.807) is 13.2 Å². The third-order valence-corrected chi connectivity index (χ3v) is 4.23. The lowest BCUT2D eigenvalue weighted by Gasteiger charge is -2.28. The molecule has 0 spiro atoms. The normalized spacial score (nSPS) is 22.4. The first-order valence-corrected chi connectivity index (χ1v) is 7.66. The fourth-order valence-corrected chi connectivity index (χ4v) is 3.01. The number of benzene rings is 1. The first-order chi connectivity index (χ1) is 9.65. The van der Waals surface area contributed by atoms with Crippen LogP contribution in [0.15, 0.2) is 22.7 Å². The van der Waals surface area contributed by atoms with Crippen LogP contribution in [0.25, 0.3) is 0 Å². The molecule has 5 heteroatoms. The van der Waals surface area contributed by atoms with Gasteiger partial charge in [-0.25, -0.2) is 4.39 Å². The highest BCUT2D eigenvalue weighted by Crippen LogP contribution is 2.33. The summed E-state index contributed by atoms with van der Waals surface area (Å²) in [6, 6.07) is 5.11. The summed E-state index contributed by atoms with van der Waals surface area (Å²) < 4.78 is 25.4. The Hall–Kier alpha value is -0.490. The van der Waals surface area contributed by atoms with Gasteiger partial charge in [-0.1, -0.05) is 15.9 Å². The minimum atomic E-state index is -0.142. The average molecular weight is 346 g/mol. The maximum Gasteiger partial charge on any atom is 0.126 e. The predicted octanol–water partition coefficient (Wildman–Crippen LogP) is 2.77. The zero-order chi connectivity index (χ0) is 14.4. The number of hydrogen-bond acceptors (Lipinski definition) is 3. The molecule has 0 amide bonds. The second-order valence-corrected chi connectivity index (χ2v) is 6.30. The van der Waals surface area contributed by atoms with Crippen molar-refractivity contribution in [2.75, 3.05) is 40.0 Å². The van der Waals surface area contributed by atoms with Crippen molar-refractivity contribution in [2.24, 2.45) is 5.41 Å². The lowest BCUT2D eigenvalue weighted by Crippen LogP contribution is -2.38. The van der Waals surface area contributed by atoms with Gasteiger partial charge in [-0.15, -0.1) is 0 Å². The largest absolute Gasteiger partial charge is 0.383 e. The zero-order valence-electron chi connectivity index (χ0n) is 11.8. The Morgan fingerprint density at radius 1 is 1.50 bits per heavy atom. The van der Waals surface area contributed by atoms with E-state index < -0.39 is 0 Å². The van der Waals surface area contributed by atoms with Crippen molar-refractivity contribution in [2.45, 2.75) is 12.8 Å². The topological polar surface area (TPSA) is 30.5 Å². The van der Waals surface area contributed by atoms with E-state index in [2.05, 4.69) is 21.2 Å². The van der Waals surface area contributed by atoms with Gasteiger partial charge in [0.25, 0.3) is 0 Å². The predicted molar refractivity (Wildman–Crippen MR) is 80.4 cm³/mol. The van der Waals surface area contributed by atoms with Crippen molar-refractivity contribution in [1.29, 1.82) is 0 Å². The average Bonchev–Trinajstić information content (AvgIpc) is 2.88. The zero-order valence-corrected chi connectivity index (χ0v) is 13.3. The monoisotopic (exact) mass is 345 g/mol. The van der Waals surface area contributed by atoms with Gasteiger partial charge < -0.3 is 14.8 Å². The first-order valence-electron chi connectivity index (χ1n) is 6.87. The molecule has 1 aliphatic rings. The molecule has 0 bridgehead atoms. The highest BCUT2D eigenvalue weighted by molar-refractivity contribution is 9.10. The van der Waals surface area contributed by atoms with Gasteiger partial charge in [-0.2, -0.15) is 0 Å². The lowest BCUT2D eigenvalue weighted by atomic mass is 9.80. The van der Waals surface area contributed by atoms with Crippen molar-refractivity contribution in [3.63, 3.8) is 0 Å².